The summed E-state index contributed by atoms with van der Waals surface area (Å²) in [6.45, 7) is 3.15. The van der Waals surface area contributed by atoms with Crippen LogP contribution in [0.25, 0.3) is 5.52 Å². The van der Waals surface area contributed by atoms with Crippen LogP contribution < -0.4 is 21.0 Å². The van der Waals surface area contributed by atoms with Gasteiger partial charge in [0.15, 0.2) is 11.3 Å². The zero-order valence-electron chi connectivity index (χ0n) is 19.8. The molecule has 0 aliphatic rings. The van der Waals surface area contributed by atoms with E-state index in [2.05, 4.69) is 5.32 Å². The maximum Gasteiger partial charge on any atom is 0.278 e. The standard InChI is InChI=1S/C27H26FN3O5/c1-2-35-15-14-30-12-13-31-17-22(26(33)29-16-19-8-10-21(28)11-9-19)24(32)25(23(31)27(30)34)36-18-20-6-4-3-5-7-20/h3-13,17H,2,14-16,18H2,1H3,(H,29,33). The van der Waals surface area contributed by atoms with Crippen molar-refractivity contribution in [1.29, 1.82) is 0 Å². The molecule has 0 saturated heterocycles. The van der Waals surface area contributed by atoms with Gasteiger partial charge in [0.25, 0.3) is 11.5 Å². The normalized spacial score (nSPS) is 10.9. The van der Waals surface area contributed by atoms with Crippen molar-refractivity contribution in [2.75, 3.05) is 13.2 Å². The fraction of sp³-hybridized carbons (Fsp3) is 0.222. The Hall–Kier alpha value is -4.24. The summed E-state index contributed by atoms with van der Waals surface area (Å²) in [4.78, 5) is 39.6. The second-order valence-electron chi connectivity index (χ2n) is 8.03. The lowest BCUT2D eigenvalue weighted by Crippen LogP contribution is -2.32. The summed E-state index contributed by atoms with van der Waals surface area (Å²) in [5.41, 5.74) is 0.198. The van der Waals surface area contributed by atoms with Gasteiger partial charge in [-0.15, -0.1) is 0 Å². The van der Waals surface area contributed by atoms with Gasteiger partial charge in [0, 0.05) is 38.3 Å². The number of rotatable bonds is 10. The molecule has 0 saturated carbocycles. The second-order valence-corrected chi connectivity index (χ2v) is 8.03. The van der Waals surface area contributed by atoms with E-state index >= 15 is 0 Å². The van der Waals surface area contributed by atoms with Crippen LogP contribution in [-0.2, 0) is 24.4 Å². The van der Waals surface area contributed by atoms with E-state index in [-0.39, 0.29) is 35.8 Å². The first kappa shape index (κ1) is 24.9. The molecule has 0 bridgehead atoms. The number of aromatic nitrogens is 2. The molecule has 186 valence electrons. The van der Waals surface area contributed by atoms with Gasteiger partial charge in [-0.1, -0.05) is 42.5 Å². The molecule has 9 heteroatoms. The molecule has 0 aliphatic carbocycles. The van der Waals surface area contributed by atoms with Crippen molar-refractivity contribution in [3.05, 3.63) is 116 Å². The Bertz CT molecular complexity index is 1460. The summed E-state index contributed by atoms with van der Waals surface area (Å²) in [5, 5.41) is 2.67. The van der Waals surface area contributed by atoms with Gasteiger partial charge in [0.1, 0.15) is 18.0 Å². The summed E-state index contributed by atoms with van der Waals surface area (Å²) in [5.74, 6) is -1.22. The van der Waals surface area contributed by atoms with E-state index in [9.17, 15) is 18.8 Å². The van der Waals surface area contributed by atoms with E-state index in [0.717, 1.165) is 5.56 Å². The second kappa shape index (κ2) is 11.5. The van der Waals surface area contributed by atoms with Crippen molar-refractivity contribution < 1.29 is 18.7 Å². The lowest BCUT2D eigenvalue weighted by Gasteiger charge is -2.14. The van der Waals surface area contributed by atoms with Crippen LogP contribution in [0.2, 0.25) is 0 Å². The molecule has 2 aromatic carbocycles. The summed E-state index contributed by atoms with van der Waals surface area (Å²) >= 11 is 0. The van der Waals surface area contributed by atoms with Crippen LogP contribution in [-0.4, -0.2) is 28.1 Å². The van der Waals surface area contributed by atoms with Gasteiger partial charge in [0.05, 0.1) is 6.61 Å². The zero-order chi connectivity index (χ0) is 25.5. The number of carbonyl (C=O) groups excluding carboxylic acids is 1. The number of halogens is 1. The highest BCUT2D eigenvalue weighted by Crippen LogP contribution is 2.16. The van der Waals surface area contributed by atoms with Gasteiger partial charge in [0.2, 0.25) is 5.43 Å². The number of nitrogens with zero attached hydrogens (tertiary/aromatic N) is 2. The Labute approximate surface area is 206 Å². The zero-order valence-corrected chi connectivity index (χ0v) is 19.8. The maximum absolute atomic E-state index is 13.4. The number of ether oxygens (including phenoxy) is 2. The number of hydrogen-bond donors (Lipinski definition) is 1. The number of nitrogens with one attached hydrogen (secondary N) is 1. The molecular weight excluding hydrogens is 465 g/mol. The topological polar surface area (TPSA) is 91.0 Å². The monoisotopic (exact) mass is 491 g/mol. The van der Waals surface area contributed by atoms with Crippen LogP contribution in [0, 0.1) is 5.82 Å². The number of fused-ring (bicyclic) bond motifs is 1. The lowest BCUT2D eigenvalue weighted by molar-refractivity contribution is 0.0948. The summed E-state index contributed by atoms with van der Waals surface area (Å²) < 4.78 is 27.2. The Balaban J connectivity index is 1.71. The molecule has 1 N–H and O–H groups in total. The predicted molar refractivity (Wildman–Crippen MR) is 133 cm³/mol. The Morgan fingerprint density at radius 3 is 2.47 bits per heavy atom. The fourth-order valence-corrected chi connectivity index (χ4v) is 3.68. The number of hydrogen-bond acceptors (Lipinski definition) is 5. The van der Waals surface area contributed by atoms with Crippen LogP contribution in [0.3, 0.4) is 0 Å². The summed E-state index contributed by atoms with van der Waals surface area (Å²) in [6, 6.07) is 14.9. The number of carbonyl (C=O) groups is 1. The molecule has 2 aromatic heterocycles. The molecule has 8 nitrogen and oxygen atoms in total. The van der Waals surface area contributed by atoms with Gasteiger partial charge in [-0.25, -0.2) is 4.39 Å². The molecule has 4 aromatic rings. The third kappa shape index (κ3) is 5.69. The highest BCUT2D eigenvalue weighted by Gasteiger charge is 2.21. The summed E-state index contributed by atoms with van der Waals surface area (Å²) in [6.07, 6.45) is 4.48. The molecule has 0 fully saturated rings. The first-order valence-corrected chi connectivity index (χ1v) is 11.5. The van der Waals surface area contributed by atoms with Gasteiger partial charge in [-0.2, -0.15) is 0 Å². The first-order chi connectivity index (χ1) is 17.5. The van der Waals surface area contributed by atoms with Crippen molar-refractivity contribution in [1.82, 2.24) is 14.3 Å². The third-order valence-electron chi connectivity index (χ3n) is 5.58. The van der Waals surface area contributed by atoms with Crippen molar-refractivity contribution in [2.24, 2.45) is 0 Å². The van der Waals surface area contributed by atoms with Crippen molar-refractivity contribution >= 4 is 11.4 Å². The molecule has 0 aliphatic heterocycles. The van der Waals surface area contributed by atoms with E-state index in [1.807, 2.05) is 37.3 Å². The Morgan fingerprint density at radius 2 is 1.75 bits per heavy atom. The molecule has 0 atom stereocenters. The Kier molecular flexibility index (Phi) is 7.92. The fourth-order valence-electron chi connectivity index (χ4n) is 3.68. The predicted octanol–water partition coefficient (Wildman–Crippen LogP) is 3.15. The van der Waals surface area contributed by atoms with E-state index in [0.29, 0.717) is 25.3 Å². The number of amides is 1. The molecule has 4 rings (SSSR count). The lowest BCUT2D eigenvalue weighted by atomic mass is 10.2. The Morgan fingerprint density at radius 1 is 1.00 bits per heavy atom. The SMILES string of the molecule is CCOCCn1ccn2cc(C(=O)NCc3ccc(F)cc3)c(=O)c(OCc3ccccc3)c2c1=O. The number of pyridine rings is 1. The average molecular weight is 492 g/mol. The van der Waals surface area contributed by atoms with Gasteiger partial charge < -0.3 is 23.8 Å². The first-order valence-electron chi connectivity index (χ1n) is 11.5. The molecule has 0 spiro atoms. The number of benzene rings is 2. The van der Waals surface area contributed by atoms with Crippen LogP contribution >= 0.6 is 0 Å². The molecule has 1 amide bonds. The highest BCUT2D eigenvalue weighted by molar-refractivity contribution is 5.94. The smallest absolute Gasteiger partial charge is 0.278 e. The van der Waals surface area contributed by atoms with Crippen molar-refractivity contribution in [2.45, 2.75) is 26.6 Å². The largest absolute Gasteiger partial charge is 0.483 e. The van der Waals surface area contributed by atoms with Crippen molar-refractivity contribution in [3.63, 3.8) is 0 Å². The van der Waals surface area contributed by atoms with Crippen LogP contribution in [0.5, 0.6) is 5.75 Å². The molecule has 0 unspecified atom stereocenters. The van der Waals surface area contributed by atoms with Crippen LogP contribution in [0.15, 0.2) is 82.8 Å². The van der Waals surface area contributed by atoms with Crippen LogP contribution in [0.4, 0.5) is 4.39 Å². The van der Waals surface area contributed by atoms with E-state index in [1.54, 1.807) is 24.5 Å². The minimum absolute atomic E-state index is 0.0324. The van der Waals surface area contributed by atoms with Crippen molar-refractivity contribution in [3.8, 4) is 5.75 Å². The van der Waals surface area contributed by atoms with Gasteiger partial charge in [-0.05, 0) is 30.2 Å². The third-order valence-corrected chi connectivity index (χ3v) is 5.58. The van der Waals surface area contributed by atoms with E-state index in [4.69, 9.17) is 9.47 Å². The minimum Gasteiger partial charge on any atom is -0.483 e. The molecule has 2 heterocycles. The van der Waals surface area contributed by atoms with Crippen LogP contribution in [0.1, 0.15) is 28.4 Å². The molecular formula is C27H26FN3O5. The quantitative estimate of drug-likeness (QED) is 0.344. The van der Waals surface area contributed by atoms with E-state index in [1.165, 1.54) is 27.3 Å². The molecule has 36 heavy (non-hydrogen) atoms. The average Bonchev–Trinajstić information content (AvgIpc) is 2.89. The van der Waals surface area contributed by atoms with Gasteiger partial charge >= 0.3 is 0 Å². The summed E-state index contributed by atoms with van der Waals surface area (Å²) in [7, 11) is 0. The molecule has 0 radical (unpaired) electrons. The van der Waals surface area contributed by atoms with E-state index < -0.39 is 16.9 Å². The maximum atomic E-state index is 13.4. The van der Waals surface area contributed by atoms with Gasteiger partial charge in [-0.3, -0.25) is 14.4 Å². The highest BCUT2D eigenvalue weighted by atomic mass is 19.1. The minimum atomic E-state index is -0.692.